The summed E-state index contributed by atoms with van der Waals surface area (Å²) in [7, 11) is 0. The molecule has 0 saturated heterocycles. The number of carbonyl (C=O) groups is 1. The van der Waals surface area contributed by atoms with Crippen molar-refractivity contribution in [3.8, 4) is 5.75 Å². The summed E-state index contributed by atoms with van der Waals surface area (Å²) in [5.41, 5.74) is 2.07. The molecule has 5 nitrogen and oxygen atoms in total. The van der Waals surface area contributed by atoms with Crippen molar-refractivity contribution in [2.24, 2.45) is 5.84 Å². The minimum atomic E-state index is -0.163. The second kappa shape index (κ2) is 7.03. The summed E-state index contributed by atoms with van der Waals surface area (Å²) in [6.07, 6.45) is 5.06. The molecule has 0 spiro atoms. The maximum Gasteiger partial charge on any atom is 0.233 e. The van der Waals surface area contributed by atoms with Crippen LogP contribution in [-0.2, 0) is 4.79 Å². The molecule has 16 heavy (non-hydrogen) atoms. The highest BCUT2D eigenvalue weighted by Crippen LogP contribution is 2.15. The van der Waals surface area contributed by atoms with Gasteiger partial charge >= 0.3 is 0 Å². The van der Waals surface area contributed by atoms with E-state index in [1.807, 2.05) is 0 Å². The van der Waals surface area contributed by atoms with Gasteiger partial charge in [-0.1, -0.05) is 11.6 Å². The van der Waals surface area contributed by atoms with Crippen molar-refractivity contribution in [3.63, 3.8) is 0 Å². The molecule has 0 atom stereocenters. The Hall–Kier alpha value is -1.33. The molecule has 88 valence electrons. The Morgan fingerprint density at radius 2 is 2.31 bits per heavy atom. The number of ether oxygens (including phenoxy) is 1. The number of nitrogens with zero attached hydrogens (tertiary/aromatic N) is 1. The van der Waals surface area contributed by atoms with Crippen LogP contribution in [-0.4, -0.2) is 17.5 Å². The van der Waals surface area contributed by atoms with Crippen molar-refractivity contribution in [3.05, 3.63) is 23.5 Å². The molecule has 0 aliphatic carbocycles. The van der Waals surface area contributed by atoms with Crippen LogP contribution in [0.4, 0.5) is 0 Å². The minimum absolute atomic E-state index is 0.163. The third-order valence-corrected chi connectivity index (χ3v) is 2.11. The first-order valence-electron chi connectivity index (χ1n) is 4.95. The molecular formula is C10H14ClN3O2. The number of hydrogen-bond acceptors (Lipinski definition) is 4. The number of rotatable bonds is 6. The molecule has 0 aliphatic heterocycles. The van der Waals surface area contributed by atoms with Gasteiger partial charge in [-0.05, 0) is 12.8 Å². The molecule has 0 bridgehead atoms. The van der Waals surface area contributed by atoms with Gasteiger partial charge in [0.05, 0.1) is 17.8 Å². The number of pyridine rings is 1. The van der Waals surface area contributed by atoms with Gasteiger partial charge in [0.1, 0.15) is 5.75 Å². The van der Waals surface area contributed by atoms with Crippen molar-refractivity contribution in [2.45, 2.75) is 19.3 Å². The number of nitrogens with two attached hydrogens (primary N) is 1. The molecule has 6 heteroatoms. The number of halogens is 1. The van der Waals surface area contributed by atoms with Gasteiger partial charge in [-0.3, -0.25) is 15.2 Å². The summed E-state index contributed by atoms with van der Waals surface area (Å²) in [4.78, 5) is 14.7. The third kappa shape index (κ3) is 4.95. The summed E-state index contributed by atoms with van der Waals surface area (Å²) in [6, 6.07) is 1.70. The lowest BCUT2D eigenvalue weighted by Crippen LogP contribution is -2.29. The summed E-state index contributed by atoms with van der Waals surface area (Å²) in [5, 5.41) is 0.542. The van der Waals surface area contributed by atoms with Crippen LogP contribution in [0.3, 0.4) is 0 Å². The fraction of sp³-hybridized carbons (Fsp3) is 0.400. The lowest BCUT2D eigenvalue weighted by Gasteiger charge is -2.05. The summed E-state index contributed by atoms with van der Waals surface area (Å²) >= 11 is 5.74. The highest BCUT2D eigenvalue weighted by atomic mass is 35.5. The van der Waals surface area contributed by atoms with Crippen molar-refractivity contribution < 1.29 is 9.53 Å². The van der Waals surface area contributed by atoms with Gasteiger partial charge in [-0.25, -0.2) is 5.84 Å². The average Bonchev–Trinajstić information content (AvgIpc) is 2.28. The number of nitrogens with one attached hydrogen (secondary N) is 1. The van der Waals surface area contributed by atoms with Crippen LogP contribution in [0, 0.1) is 0 Å². The molecule has 1 amide bonds. The van der Waals surface area contributed by atoms with Crippen molar-refractivity contribution >= 4 is 17.5 Å². The lowest BCUT2D eigenvalue weighted by molar-refractivity contribution is -0.121. The first-order chi connectivity index (χ1) is 7.72. The highest BCUT2D eigenvalue weighted by Gasteiger charge is 1.99. The molecule has 0 fully saturated rings. The van der Waals surface area contributed by atoms with Crippen LogP contribution in [0.15, 0.2) is 18.5 Å². The molecule has 0 aromatic carbocycles. The monoisotopic (exact) mass is 243 g/mol. The maximum absolute atomic E-state index is 10.8. The average molecular weight is 244 g/mol. The molecule has 1 heterocycles. The Bertz CT molecular complexity index is 347. The van der Waals surface area contributed by atoms with Crippen LogP contribution in [0.5, 0.6) is 5.75 Å². The van der Waals surface area contributed by atoms with E-state index >= 15 is 0 Å². The first-order valence-corrected chi connectivity index (χ1v) is 5.33. The molecule has 0 saturated carbocycles. The molecular weight excluding hydrogens is 230 g/mol. The quantitative estimate of drug-likeness (QED) is 0.341. The van der Waals surface area contributed by atoms with Gasteiger partial charge in [-0.2, -0.15) is 0 Å². The minimum Gasteiger partial charge on any atom is -0.492 e. The van der Waals surface area contributed by atoms with E-state index in [1.54, 1.807) is 18.5 Å². The fourth-order valence-corrected chi connectivity index (χ4v) is 1.28. The van der Waals surface area contributed by atoms with Crippen LogP contribution < -0.4 is 16.0 Å². The van der Waals surface area contributed by atoms with E-state index in [2.05, 4.69) is 10.4 Å². The van der Waals surface area contributed by atoms with Gasteiger partial charge in [-0.15, -0.1) is 0 Å². The third-order valence-electron chi connectivity index (χ3n) is 1.91. The van der Waals surface area contributed by atoms with Gasteiger partial charge in [0.25, 0.3) is 0 Å². The van der Waals surface area contributed by atoms with Crippen LogP contribution in [0.1, 0.15) is 19.3 Å². The van der Waals surface area contributed by atoms with E-state index in [9.17, 15) is 4.79 Å². The fourth-order valence-electron chi connectivity index (χ4n) is 1.12. The van der Waals surface area contributed by atoms with Gasteiger partial charge < -0.3 is 4.74 Å². The highest BCUT2D eigenvalue weighted by molar-refractivity contribution is 6.30. The summed E-state index contributed by atoms with van der Waals surface area (Å²) < 4.78 is 5.39. The van der Waals surface area contributed by atoms with Crippen LogP contribution >= 0.6 is 11.6 Å². The molecule has 1 aromatic heterocycles. The normalized spacial score (nSPS) is 9.88. The molecule has 0 unspecified atom stereocenters. The molecule has 1 rings (SSSR count). The molecule has 3 N–H and O–H groups in total. The number of hydrazine groups is 1. The zero-order valence-electron chi connectivity index (χ0n) is 8.78. The Balaban J connectivity index is 2.14. The Kier molecular flexibility index (Phi) is 5.60. The summed E-state index contributed by atoms with van der Waals surface area (Å²) in [6.45, 7) is 0.528. The van der Waals surface area contributed by atoms with Crippen LogP contribution in [0.25, 0.3) is 0 Å². The Morgan fingerprint density at radius 1 is 1.50 bits per heavy atom. The first kappa shape index (κ1) is 12.7. The zero-order chi connectivity index (χ0) is 11.8. The zero-order valence-corrected chi connectivity index (χ0v) is 9.54. The van der Waals surface area contributed by atoms with Crippen molar-refractivity contribution in [1.29, 1.82) is 0 Å². The molecule has 0 aliphatic rings. The molecule has 0 radical (unpaired) electrons. The Morgan fingerprint density at radius 3 is 3.00 bits per heavy atom. The number of amides is 1. The maximum atomic E-state index is 10.8. The lowest BCUT2D eigenvalue weighted by atomic mass is 10.2. The standard InChI is InChI=1S/C10H14ClN3O2/c11-8-5-9(7-13-6-8)16-4-2-1-3-10(15)14-12/h5-7H,1-4,12H2,(H,14,15). The number of hydrogen-bond donors (Lipinski definition) is 2. The van der Waals surface area contributed by atoms with E-state index in [1.165, 1.54) is 0 Å². The van der Waals surface area contributed by atoms with E-state index in [4.69, 9.17) is 22.2 Å². The topological polar surface area (TPSA) is 77.2 Å². The number of aromatic nitrogens is 1. The van der Waals surface area contributed by atoms with E-state index in [0.29, 0.717) is 23.8 Å². The van der Waals surface area contributed by atoms with Gasteiger partial charge in [0, 0.05) is 18.7 Å². The second-order valence-electron chi connectivity index (χ2n) is 3.21. The predicted octanol–water partition coefficient (Wildman–Crippen LogP) is 1.27. The smallest absolute Gasteiger partial charge is 0.233 e. The molecule has 1 aromatic rings. The Labute approximate surface area is 98.9 Å². The SMILES string of the molecule is NNC(=O)CCCCOc1cncc(Cl)c1. The van der Waals surface area contributed by atoms with E-state index < -0.39 is 0 Å². The van der Waals surface area contributed by atoms with Gasteiger partial charge in [0.2, 0.25) is 5.91 Å². The van der Waals surface area contributed by atoms with Gasteiger partial charge in [0.15, 0.2) is 0 Å². The number of carbonyl (C=O) groups excluding carboxylic acids is 1. The van der Waals surface area contributed by atoms with E-state index in [-0.39, 0.29) is 5.91 Å². The largest absolute Gasteiger partial charge is 0.492 e. The second-order valence-corrected chi connectivity index (χ2v) is 3.65. The van der Waals surface area contributed by atoms with Crippen molar-refractivity contribution in [1.82, 2.24) is 10.4 Å². The van der Waals surface area contributed by atoms with E-state index in [0.717, 1.165) is 12.8 Å². The van der Waals surface area contributed by atoms with Crippen molar-refractivity contribution in [2.75, 3.05) is 6.61 Å². The predicted molar refractivity (Wildman–Crippen MR) is 60.9 cm³/mol. The summed E-state index contributed by atoms with van der Waals surface area (Å²) in [5.74, 6) is 5.41. The number of unbranched alkanes of at least 4 members (excludes halogenated alkanes) is 1. The van der Waals surface area contributed by atoms with Crippen LogP contribution in [0.2, 0.25) is 5.02 Å².